The van der Waals surface area contributed by atoms with Crippen LogP contribution in [-0.2, 0) is 0 Å². The lowest BCUT2D eigenvalue weighted by Gasteiger charge is -2.39. The fourth-order valence-electron chi connectivity index (χ4n) is 9.94. The molecule has 4 nitrogen and oxygen atoms in total. The molecule has 65 heavy (non-hydrogen) atoms. The van der Waals surface area contributed by atoms with Gasteiger partial charge in [-0.05, 0) is 112 Å². The molecular weight excluding hydrogens is 809 g/mol. The van der Waals surface area contributed by atoms with Crippen LogP contribution in [0.5, 0.6) is 0 Å². The quantitative estimate of drug-likeness (QED) is 0.101. The van der Waals surface area contributed by atoms with Crippen LogP contribution in [0.4, 0.5) is 34.1 Å². The van der Waals surface area contributed by atoms with E-state index in [0.29, 0.717) is 0 Å². The highest BCUT2D eigenvalue weighted by Gasteiger charge is 2.44. The van der Waals surface area contributed by atoms with E-state index in [0.717, 1.165) is 78.0 Å². The van der Waals surface area contributed by atoms with Crippen molar-refractivity contribution in [2.45, 2.75) is 0 Å². The maximum atomic E-state index is 6.36. The summed E-state index contributed by atoms with van der Waals surface area (Å²) in [5, 5.41) is 9.49. The van der Waals surface area contributed by atoms with Crippen molar-refractivity contribution < 1.29 is 8.83 Å². The van der Waals surface area contributed by atoms with Crippen molar-refractivity contribution in [3.05, 3.63) is 255 Å². The zero-order valence-corrected chi connectivity index (χ0v) is 36.5. The SMILES string of the molecule is c1ccc(N(c2cccc([Si](c3ccccc3)(c3ccccc3)c3ccccc3N(c3ccccc3)c3ccc4oc5ccccc5c4c3)c2)c2ccc3oc4ccccc4c3c2)cc1. The van der Waals surface area contributed by atoms with Gasteiger partial charge in [-0.2, -0.15) is 0 Å². The van der Waals surface area contributed by atoms with Crippen molar-refractivity contribution in [3.63, 3.8) is 0 Å². The molecule has 0 amide bonds. The number of para-hydroxylation sites is 5. The summed E-state index contributed by atoms with van der Waals surface area (Å²) in [4.78, 5) is 4.82. The zero-order chi connectivity index (χ0) is 43.2. The van der Waals surface area contributed by atoms with Crippen molar-refractivity contribution in [1.29, 1.82) is 0 Å². The summed E-state index contributed by atoms with van der Waals surface area (Å²) < 4.78 is 12.7. The van der Waals surface area contributed by atoms with Crippen LogP contribution in [0, 0.1) is 0 Å². The molecular formula is C60H42N2O2Si. The Morgan fingerprint density at radius 2 is 0.662 bits per heavy atom. The van der Waals surface area contributed by atoms with E-state index in [1.54, 1.807) is 0 Å². The predicted octanol–water partition coefficient (Wildman–Crippen LogP) is 13.8. The Morgan fingerprint density at radius 1 is 0.262 bits per heavy atom. The molecule has 0 saturated heterocycles. The van der Waals surface area contributed by atoms with Gasteiger partial charge in [0.25, 0.3) is 0 Å². The Bertz CT molecular complexity index is 3580. The van der Waals surface area contributed by atoms with Crippen LogP contribution < -0.4 is 30.5 Å². The summed E-state index contributed by atoms with van der Waals surface area (Å²) in [6.45, 7) is 0. The van der Waals surface area contributed by atoms with Crippen molar-refractivity contribution >= 4 is 107 Å². The second-order valence-electron chi connectivity index (χ2n) is 16.4. The van der Waals surface area contributed by atoms with Crippen molar-refractivity contribution in [2.24, 2.45) is 0 Å². The molecule has 0 saturated carbocycles. The predicted molar refractivity (Wildman–Crippen MR) is 274 cm³/mol. The van der Waals surface area contributed by atoms with Gasteiger partial charge < -0.3 is 18.6 Å². The molecule has 0 spiro atoms. The standard InChI is InChI=1S/C60H42N2O2Si/c1-5-20-43(21-6-1)61(46-36-38-58-53(41-46)51-30-13-16-33-56(51)63-58)45-24-19-29-50(40-45)65(48-25-9-3-10-26-48,49-27-11-4-12-28-49)60-35-18-15-32-55(60)62(44-22-7-2-8-23-44)47-37-39-59-54(42-47)52-31-14-17-34-57(52)64-59/h1-42H. The van der Waals surface area contributed by atoms with Gasteiger partial charge in [-0.3, -0.25) is 0 Å². The molecule has 0 fully saturated rings. The molecule has 0 bridgehead atoms. The number of rotatable bonds is 10. The van der Waals surface area contributed by atoms with Crippen molar-refractivity contribution in [1.82, 2.24) is 0 Å². The van der Waals surface area contributed by atoms with Gasteiger partial charge in [-0.15, -0.1) is 0 Å². The first-order valence-electron chi connectivity index (χ1n) is 22.1. The molecule has 12 rings (SSSR count). The average molecular weight is 851 g/mol. The van der Waals surface area contributed by atoms with E-state index in [9.17, 15) is 0 Å². The summed E-state index contributed by atoms with van der Waals surface area (Å²) in [5.74, 6) is 0. The summed E-state index contributed by atoms with van der Waals surface area (Å²) >= 11 is 0. The normalized spacial score (nSPS) is 11.7. The Kier molecular flexibility index (Phi) is 9.47. The Hall–Kier alpha value is -8.38. The Balaban J connectivity index is 1.13. The van der Waals surface area contributed by atoms with Gasteiger partial charge in [-0.1, -0.05) is 164 Å². The van der Waals surface area contributed by atoms with Gasteiger partial charge >= 0.3 is 0 Å². The Morgan fingerprint density at radius 3 is 1.23 bits per heavy atom. The fourth-order valence-corrected chi connectivity index (χ4v) is 14.9. The number of benzene rings is 10. The van der Waals surface area contributed by atoms with Gasteiger partial charge in [0.05, 0.1) is 0 Å². The minimum atomic E-state index is -3.21. The summed E-state index contributed by atoms with van der Waals surface area (Å²) in [6.07, 6.45) is 0. The van der Waals surface area contributed by atoms with Gasteiger partial charge in [0, 0.05) is 55.7 Å². The third kappa shape index (κ3) is 6.52. The largest absolute Gasteiger partial charge is 0.456 e. The maximum absolute atomic E-state index is 6.36. The minimum Gasteiger partial charge on any atom is -0.456 e. The first-order chi connectivity index (χ1) is 32.2. The molecule has 2 heterocycles. The third-order valence-electron chi connectivity index (χ3n) is 12.8. The van der Waals surface area contributed by atoms with Gasteiger partial charge in [0.15, 0.2) is 8.07 Å². The maximum Gasteiger partial charge on any atom is 0.181 e. The molecule has 0 aliphatic heterocycles. The number of furan rings is 2. The number of hydrogen-bond acceptors (Lipinski definition) is 4. The van der Waals surface area contributed by atoms with Crippen LogP contribution in [0.1, 0.15) is 0 Å². The monoisotopic (exact) mass is 850 g/mol. The highest BCUT2D eigenvalue weighted by Crippen LogP contribution is 2.41. The molecule has 0 aliphatic carbocycles. The molecule has 308 valence electrons. The van der Waals surface area contributed by atoms with E-state index < -0.39 is 8.07 Å². The van der Waals surface area contributed by atoms with Gasteiger partial charge in [0.2, 0.25) is 0 Å². The van der Waals surface area contributed by atoms with Crippen LogP contribution in [0.15, 0.2) is 264 Å². The van der Waals surface area contributed by atoms with Crippen LogP contribution in [0.25, 0.3) is 43.9 Å². The molecule has 0 unspecified atom stereocenters. The first-order valence-corrected chi connectivity index (χ1v) is 24.1. The lowest BCUT2D eigenvalue weighted by Crippen LogP contribution is -2.75. The van der Waals surface area contributed by atoms with E-state index in [2.05, 4.69) is 240 Å². The van der Waals surface area contributed by atoms with Crippen LogP contribution >= 0.6 is 0 Å². The van der Waals surface area contributed by atoms with E-state index in [1.165, 1.54) is 20.7 Å². The molecule has 0 N–H and O–H groups in total. The molecule has 0 radical (unpaired) electrons. The zero-order valence-electron chi connectivity index (χ0n) is 35.5. The fraction of sp³-hybridized carbons (Fsp3) is 0. The summed E-state index contributed by atoms with van der Waals surface area (Å²) in [6, 6.07) is 92.0. The second kappa shape index (κ2) is 16.1. The van der Waals surface area contributed by atoms with E-state index in [4.69, 9.17) is 8.83 Å². The minimum absolute atomic E-state index is 0.869. The number of nitrogens with zero attached hydrogens (tertiary/aromatic N) is 2. The summed E-state index contributed by atoms with van der Waals surface area (Å²) in [5.41, 5.74) is 9.94. The second-order valence-corrected chi connectivity index (χ2v) is 20.2. The van der Waals surface area contributed by atoms with Gasteiger partial charge in [0.1, 0.15) is 22.3 Å². The van der Waals surface area contributed by atoms with Crippen LogP contribution in [0.2, 0.25) is 0 Å². The first kappa shape index (κ1) is 38.3. The number of anilines is 6. The highest BCUT2D eigenvalue weighted by atomic mass is 28.3. The van der Waals surface area contributed by atoms with Gasteiger partial charge in [-0.25, -0.2) is 0 Å². The number of fused-ring (bicyclic) bond motifs is 6. The molecule has 5 heteroatoms. The van der Waals surface area contributed by atoms with Crippen molar-refractivity contribution in [3.8, 4) is 0 Å². The average Bonchev–Trinajstić information content (AvgIpc) is 3.94. The van der Waals surface area contributed by atoms with Crippen molar-refractivity contribution in [2.75, 3.05) is 9.80 Å². The molecule has 10 aromatic carbocycles. The van der Waals surface area contributed by atoms with E-state index >= 15 is 0 Å². The Labute approximate surface area is 378 Å². The molecule has 12 aromatic rings. The highest BCUT2D eigenvalue weighted by molar-refractivity contribution is 7.20. The smallest absolute Gasteiger partial charge is 0.181 e. The van der Waals surface area contributed by atoms with Crippen LogP contribution in [0.3, 0.4) is 0 Å². The molecule has 2 aromatic heterocycles. The third-order valence-corrected chi connectivity index (χ3v) is 17.6. The number of hydrogen-bond donors (Lipinski definition) is 0. The van der Waals surface area contributed by atoms with Crippen LogP contribution in [-0.4, -0.2) is 8.07 Å². The topological polar surface area (TPSA) is 32.8 Å². The lowest BCUT2D eigenvalue weighted by atomic mass is 10.1. The van der Waals surface area contributed by atoms with E-state index in [-0.39, 0.29) is 0 Å². The van der Waals surface area contributed by atoms with E-state index in [1.807, 2.05) is 24.3 Å². The molecule has 0 atom stereocenters. The lowest BCUT2D eigenvalue weighted by molar-refractivity contribution is 0.668. The summed E-state index contributed by atoms with van der Waals surface area (Å²) in [7, 11) is -3.21. The molecule has 0 aliphatic rings.